The van der Waals surface area contributed by atoms with Gasteiger partial charge in [-0.2, -0.15) is 0 Å². The highest BCUT2D eigenvalue weighted by Crippen LogP contribution is 2.26. The fraction of sp³-hybridized carbons (Fsp3) is 0.0690. The molecule has 3 nitrogen and oxygen atoms in total. The van der Waals surface area contributed by atoms with Crippen molar-refractivity contribution in [3.63, 3.8) is 0 Å². The molecule has 0 amide bonds. The predicted octanol–water partition coefficient (Wildman–Crippen LogP) is 8.14. The first-order valence-electron chi connectivity index (χ1n) is 10.7. The summed E-state index contributed by atoms with van der Waals surface area (Å²) in [5.41, 5.74) is 4.49. The summed E-state index contributed by atoms with van der Waals surface area (Å²) in [6.45, 7) is 0.330. The number of carbonyl (C=O) groups excluding carboxylic acids is 1. The third-order valence-electron chi connectivity index (χ3n) is 5.29. The highest BCUT2D eigenvalue weighted by atomic mass is 35.5. The Morgan fingerprint density at radius 3 is 2.26 bits per heavy atom. The van der Waals surface area contributed by atoms with Gasteiger partial charge in [-0.1, -0.05) is 77.8 Å². The second kappa shape index (κ2) is 11.1. The summed E-state index contributed by atoms with van der Waals surface area (Å²) in [6, 6.07) is 28.7. The molecule has 0 unspecified atom stereocenters. The SMILES string of the molecule is COc1ccc(/C=C/C(=O)c2ccc(Cl)c(Cl)c2)cc1COc1ccc(-c2ccccc2)cc1. The van der Waals surface area contributed by atoms with Crippen molar-refractivity contribution in [3.8, 4) is 22.6 Å². The van der Waals surface area contributed by atoms with Crippen LogP contribution in [0, 0.1) is 0 Å². The second-order valence-electron chi connectivity index (χ2n) is 7.58. The maximum Gasteiger partial charge on any atom is 0.185 e. The van der Waals surface area contributed by atoms with Crippen LogP contribution in [0.2, 0.25) is 10.0 Å². The number of carbonyl (C=O) groups is 1. The van der Waals surface area contributed by atoms with Crippen LogP contribution in [0.4, 0.5) is 0 Å². The Balaban J connectivity index is 1.45. The van der Waals surface area contributed by atoms with E-state index >= 15 is 0 Å². The van der Waals surface area contributed by atoms with Gasteiger partial charge < -0.3 is 9.47 Å². The van der Waals surface area contributed by atoms with Crippen LogP contribution >= 0.6 is 23.2 Å². The van der Waals surface area contributed by atoms with Crippen molar-refractivity contribution in [2.45, 2.75) is 6.61 Å². The van der Waals surface area contributed by atoms with Gasteiger partial charge in [-0.25, -0.2) is 0 Å². The van der Waals surface area contributed by atoms with Crippen LogP contribution in [0.5, 0.6) is 11.5 Å². The molecule has 170 valence electrons. The molecule has 0 saturated heterocycles. The van der Waals surface area contributed by atoms with Crippen molar-refractivity contribution in [2.24, 2.45) is 0 Å². The third kappa shape index (κ3) is 5.88. The van der Waals surface area contributed by atoms with Gasteiger partial charge in [0.15, 0.2) is 5.78 Å². The number of benzene rings is 4. The van der Waals surface area contributed by atoms with Crippen LogP contribution in [0.1, 0.15) is 21.5 Å². The molecule has 0 bridgehead atoms. The lowest BCUT2D eigenvalue weighted by molar-refractivity contribution is 0.104. The summed E-state index contributed by atoms with van der Waals surface area (Å²) in [5, 5.41) is 0.762. The maximum absolute atomic E-state index is 12.5. The summed E-state index contributed by atoms with van der Waals surface area (Å²) >= 11 is 11.9. The number of halogens is 2. The van der Waals surface area contributed by atoms with Crippen molar-refractivity contribution in [1.29, 1.82) is 0 Å². The van der Waals surface area contributed by atoms with Crippen LogP contribution in [-0.4, -0.2) is 12.9 Å². The van der Waals surface area contributed by atoms with E-state index in [4.69, 9.17) is 32.7 Å². The largest absolute Gasteiger partial charge is 0.496 e. The van der Waals surface area contributed by atoms with Crippen molar-refractivity contribution in [3.05, 3.63) is 124 Å². The van der Waals surface area contributed by atoms with Crippen molar-refractivity contribution in [2.75, 3.05) is 7.11 Å². The van der Waals surface area contributed by atoms with Gasteiger partial charge in [0.2, 0.25) is 0 Å². The van der Waals surface area contributed by atoms with E-state index in [-0.39, 0.29) is 5.78 Å². The highest BCUT2D eigenvalue weighted by Gasteiger charge is 2.08. The molecule has 4 rings (SSSR count). The standard InChI is InChI=1S/C29H22Cl2O3/c1-33-29-16-8-20(7-15-28(32)23-11-14-26(30)27(31)18-23)17-24(29)19-34-25-12-9-22(10-13-25)21-5-3-2-4-6-21/h2-18H,19H2,1H3/b15-7+. The summed E-state index contributed by atoms with van der Waals surface area (Å²) < 4.78 is 11.5. The van der Waals surface area contributed by atoms with Crippen molar-refractivity contribution >= 4 is 35.1 Å². The van der Waals surface area contributed by atoms with E-state index in [0.717, 1.165) is 28.0 Å². The smallest absolute Gasteiger partial charge is 0.185 e. The van der Waals surface area contributed by atoms with Crippen LogP contribution < -0.4 is 9.47 Å². The zero-order valence-electron chi connectivity index (χ0n) is 18.5. The predicted molar refractivity (Wildman–Crippen MR) is 139 cm³/mol. The van der Waals surface area contributed by atoms with Crippen LogP contribution in [-0.2, 0) is 6.61 Å². The quantitative estimate of drug-likeness (QED) is 0.185. The number of ether oxygens (including phenoxy) is 2. The zero-order chi connectivity index (χ0) is 23.9. The minimum absolute atomic E-state index is 0.161. The molecular weight excluding hydrogens is 467 g/mol. The Morgan fingerprint density at radius 1 is 0.824 bits per heavy atom. The summed E-state index contributed by atoms with van der Waals surface area (Å²) in [7, 11) is 1.62. The first kappa shape index (κ1) is 23.6. The maximum atomic E-state index is 12.5. The van der Waals surface area contributed by atoms with Crippen LogP contribution in [0.25, 0.3) is 17.2 Å². The van der Waals surface area contributed by atoms with Gasteiger partial charge >= 0.3 is 0 Å². The van der Waals surface area contributed by atoms with E-state index in [1.54, 1.807) is 31.4 Å². The first-order chi connectivity index (χ1) is 16.5. The Morgan fingerprint density at radius 2 is 1.56 bits per heavy atom. The van der Waals surface area contributed by atoms with Crippen LogP contribution in [0.15, 0.2) is 97.1 Å². The molecule has 34 heavy (non-hydrogen) atoms. The molecule has 0 aliphatic carbocycles. The third-order valence-corrected chi connectivity index (χ3v) is 6.03. The van der Waals surface area contributed by atoms with Crippen LogP contribution in [0.3, 0.4) is 0 Å². The molecule has 5 heteroatoms. The second-order valence-corrected chi connectivity index (χ2v) is 8.39. The molecule has 0 aliphatic rings. The van der Waals surface area contributed by atoms with Gasteiger partial charge in [-0.15, -0.1) is 0 Å². The minimum Gasteiger partial charge on any atom is -0.496 e. The highest BCUT2D eigenvalue weighted by molar-refractivity contribution is 6.42. The molecule has 0 atom stereocenters. The number of methoxy groups -OCH3 is 1. The molecule has 0 fully saturated rings. The molecule has 4 aromatic rings. The number of hydrogen-bond acceptors (Lipinski definition) is 3. The summed E-state index contributed by atoms with van der Waals surface area (Å²) in [6.07, 6.45) is 3.26. The lowest BCUT2D eigenvalue weighted by atomic mass is 10.1. The summed E-state index contributed by atoms with van der Waals surface area (Å²) in [5.74, 6) is 1.32. The zero-order valence-corrected chi connectivity index (χ0v) is 20.0. The number of allylic oxidation sites excluding steroid dienone is 1. The van der Waals surface area contributed by atoms with Gasteiger partial charge in [-0.3, -0.25) is 4.79 Å². The molecule has 0 aliphatic heterocycles. The van der Waals surface area contributed by atoms with Gasteiger partial charge in [0.1, 0.15) is 18.1 Å². The van der Waals surface area contributed by atoms with Gasteiger partial charge in [0, 0.05) is 11.1 Å². The number of ketones is 1. The Bertz CT molecular complexity index is 1310. The molecule has 0 N–H and O–H groups in total. The fourth-order valence-corrected chi connectivity index (χ4v) is 3.77. The molecule has 4 aromatic carbocycles. The van der Waals surface area contributed by atoms with E-state index in [1.807, 2.05) is 60.7 Å². The fourth-order valence-electron chi connectivity index (χ4n) is 3.47. The molecular formula is C29H22Cl2O3. The Hall–Kier alpha value is -3.53. The lowest BCUT2D eigenvalue weighted by Gasteiger charge is -2.12. The average Bonchev–Trinajstić information content (AvgIpc) is 2.88. The lowest BCUT2D eigenvalue weighted by Crippen LogP contribution is -1.99. The van der Waals surface area contributed by atoms with E-state index in [9.17, 15) is 4.79 Å². The molecule has 0 radical (unpaired) electrons. The van der Waals surface area contributed by atoms with E-state index in [0.29, 0.717) is 28.0 Å². The normalized spacial score (nSPS) is 10.9. The van der Waals surface area contributed by atoms with E-state index in [2.05, 4.69) is 12.1 Å². The minimum atomic E-state index is -0.161. The molecule has 0 heterocycles. The monoisotopic (exact) mass is 488 g/mol. The molecule has 0 saturated carbocycles. The molecule has 0 aromatic heterocycles. The van der Waals surface area contributed by atoms with Gasteiger partial charge in [0.05, 0.1) is 17.2 Å². The average molecular weight is 489 g/mol. The van der Waals surface area contributed by atoms with Crippen molar-refractivity contribution in [1.82, 2.24) is 0 Å². The topological polar surface area (TPSA) is 35.5 Å². The Kier molecular flexibility index (Phi) is 7.69. The van der Waals surface area contributed by atoms with E-state index in [1.165, 1.54) is 6.08 Å². The van der Waals surface area contributed by atoms with Gasteiger partial charge in [-0.05, 0) is 65.2 Å². The van der Waals surface area contributed by atoms with Gasteiger partial charge in [0.25, 0.3) is 0 Å². The van der Waals surface area contributed by atoms with E-state index < -0.39 is 0 Å². The Labute approximate surface area is 209 Å². The number of hydrogen-bond donors (Lipinski definition) is 0. The van der Waals surface area contributed by atoms with Crippen molar-refractivity contribution < 1.29 is 14.3 Å². The first-order valence-corrected chi connectivity index (χ1v) is 11.4. The number of rotatable bonds is 8. The molecule has 0 spiro atoms. The summed E-state index contributed by atoms with van der Waals surface area (Å²) in [4.78, 5) is 12.5.